The molecule has 0 aromatic carbocycles. The molecule has 106 valence electrons. The zero-order valence-corrected chi connectivity index (χ0v) is 13.3. The quantitative estimate of drug-likeness (QED) is 0.156. The zero-order valence-electron chi connectivity index (χ0n) is 9.92. The molecule has 0 aromatic rings. The van der Waals surface area contributed by atoms with Gasteiger partial charge in [-0.2, -0.15) is 0 Å². The van der Waals surface area contributed by atoms with Crippen molar-refractivity contribution in [2.24, 2.45) is 21.7 Å². The van der Waals surface area contributed by atoms with Crippen LogP contribution >= 0.6 is 0 Å². The largest absolute Gasteiger partial charge is 0.515 e. The number of ether oxygens (including phenoxy) is 1. The van der Waals surface area contributed by atoms with Crippen LogP contribution in [-0.4, -0.2) is 34.9 Å². The van der Waals surface area contributed by atoms with E-state index in [0.29, 0.717) is 12.3 Å². The summed E-state index contributed by atoms with van der Waals surface area (Å²) in [6.07, 6.45) is 1.07. The van der Waals surface area contributed by atoms with Gasteiger partial charge in [0, 0.05) is 33.2 Å². The van der Waals surface area contributed by atoms with Gasteiger partial charge in [0.1, 0.15) is 0 Å². The maximum absolute atomic E-state index is 5.34. The van der Waals surface area contributed by atoms with Gasteiger partial charge < -0.3 is 25.8 Å². The van der Waals surface area contributed by atoms with Crippen LogP contribution in [0.25, 0.3) is 10.9 Å². The first-order valence-corrected chi connectivity index (χ1v) is 5.63. The molecule has 0 aliphatic rings. The maximum atomic E-state index is 5.34. The second-order valence-electron chi connectivity index (χ2n) is 2.78. The Bertz CT molecular complexity index is 336. The number of thiol groups is 2. The molecule has 0 heterocycles. The summed E-state index contributed by atoms with van der Waals surface area (Å²) in [5.74, 6) is 0. The first-order chi connectivity index (χ1) is 7.97. The Balaban J connectivity index is 0. The molecular formula is C8H16N6OPdS2. The van der Waals surface area contributed by atoms with Gasteiger partial charge in [0.15, 0.2) is 34.7 Å². The Morgan fingerprint density at radius 1 is 1.33 bits per heavy atom. The summed E-state index contributed by atoms with van der Waals surface area (Å²) in [4.78, 5) is 0. The van der Waals surface area contributed by atoms with Crippen molar-refractivity contribution in [3.8, 4) is 0 Å². The first-order valence-electron chi connectivity index (χ1n) is 4.74. The van der Waals surface area contributed by atoms with Gasteiger partial charge >= 0.3 is 0 Å². The van der Waals surface area contributed by atoms with Crippen molar-refractivity contribution in [1.82, 2.24) is 0 Å². The average molecular weight is 383 g/mol. The summed E-state index contributed by atoms with van der Waals surface area (Å²) in [5, 5.41) is 7.58. The molecule has 0 spiro atoms. The minimum absolute atomic E-state index is 0. The van der Waals surface area contributed by atoms with Crippen molar-refractivity contribution in [3.63, 3.8) is 0 Å². The molecule has 10 heteroatoms. The predicted molar refractivity (Wildman–Crippen MR) is 79.6 cm³/mol. The van der Waals surface area contributed by atoms with Gasteiger partial charge in [-0.1, -0.05) is 0 Å². The third kappa shape index (κ3) is 10.8. The summed E-state index contributed by atoms with van der Waals surface area (Å²) in [6, 6.07) is 0. The Morgan fingerprint density at radius 2 is 1.89 bits per heavy atom. The van der Waals surface area contributed by atoms with Crippen LogP contribution in [-0.2, 0) is 49.6 Å². The van der Waals surface area contributed by atoms with Crippen LogP contribution in [0.1, 0.15) is 13.8 Å². The van der Waals surface area contributed by atoms with Crippen LogP contribution in [0, 0.1) is 0 Å². The fourth-order valence-electron chi connectivity index (χ4n) is 0.804. The number of hydrogen-bond donors (Lipinski definition) is 2. The van der Waals surface area contributed by atoms with E-state index in [1.165, 1.54) is 6.21 Å². The number of nitrogens with zero attached hydrogens (tertiary/aromatic N) is 4. The minimum Gasteiger partial charge on any atom is -0.515 e. The third-order valence-corrected chi connectivity index (χ3v) is 1.63. The second-order valence-corrected chi connectivity index (χ2v) is 3.70. The summed E-state index contributed by atoms with van der Waals surface area (Å²) >= 11 is 7.55. The fourth-order valence-corrected chi connectivity index (χ4v) is 0.900. The first kappa shape index (κ1) is 20.0. The normalized spacial score (nSPS) is 12.8. The van der Waals surface area contributed by atoms with E-state index in [-0.39, 0.29) is 36.8 Å². The van der Waals surface area contributed by atoms with Crippen molar-refractivity contribution in [3.05, 3.63) is 10.9 Å². The predicted octanol–water partition coefficient (Wildman–Crippen LogP) is -0.851. The molecule has 1 atom stereocenters. The molecule has 18 heavy (non-hydrogen) atoms. The standard InChI is InChI=1S/C8H16N6OS2.Pd/c1-3-15-5(2)6(12-14-8(10)17)4-11-13-7(9)16;/h4-5H,3H2,1-2H3,(H6,9,10,11,12,13,14,16,17);. The van der Waals surface area contributed by atoms with Gasteiger partial charge in [-0.05, 0) is 13.8 Å². The third-order valence-electron chi connectivity index (χ3n) is 1.45. The van der Waals surface area contributed by atoms with E-state index in [1.807, 2.05) is 6.92 Å². The second kappa shape index (κ2) is 11.7. The fraction of sp³-hybridized carbons (Fsp3) is 0.500. The Kier molecular flexibility index (Phi) is 13.0. The Morgan fingerprint density at radius 3 is 2.33 bits per heavy atom. The van der Waals surface area contributed by atoms with E-state index in [2.05, 4.69) is 45.5 Å². The van der Waals surface area contributed by atoms with Gasteiger partial charge in [-0.3, -0.25) is 11.5 Å². The van der Waals surface area contributed by atoms with Crippen LogP contribution in [0.5, 0.6) is 0 Å². The molecular weight excluding hydrogens is 367 g/mol. The van der Waals surface area contributed by atoms with Crippen molar-refractivity contribution in [2.45, 2.75) is 20.0 Å². The van der Waals surface area contributed by atoms with Gasteiger partial charge in [0.2, 0.25) is 0 Å². The molecule has 7 nitrogen and oxygen atoms in total. The summed E-state index contributed by atoms with van der Waals surface area (Å²) in [6.45, 7) is 4.20. The van der Waals surface area contributed by atoms with Gasteiger partial charge in [0.05, 0.1) is 11.8 Å². The van der Waals surface area contributed by atoms with Gasteiger partial charge in [0.25, 0.3) is 0 Å². The van der Waals surface area contributed by atoms with Crippen molar-refractivity contribution in [1.29, 1.82) is 0 Å². The number of rotatable bonds is 6. The number of hydrogen-bond acceptors (Lipinski definition) is 3. The van der Waals surface area contributed by atoms with E-state index < -0.39 is 0 Å². The van der Waals surface area contributed by atoms with Crippen molar-refractivity contribution < 1.29 is 25.2 Å². The molecule has 0 radical (unpaired) electrons. The van der Waals surface area contributed by atoms with Crippen LogP contribution < -0.4 is 11.5 Å². The molecule has 0 bridgehead atoms. The van der Waals surface area contributed by atoms with Crippen LogP contribution in [0.15, 0.2) is 10.2 Å². The Labute approximate surface area is 130 Å². The molecule has 0 saturated carbocycles. The van der Waals surface area contributed by atoms with Crippen molar-refractivity contribution in [2.75, 3.05) is 6.61 Å². The molecule has 0 aromatic heterocycles. The monoisotopic (exact) mass is 382 g/mol. The molecule has 0 saturated heterocycles. The summed E-state index contributed by atoms with van der Waals surface area (Å²) in [5.41, 5.74) is 18.0. The maximum Gasteiger partial charge on any atom is 0.183 e. The van der Waals surface area contributed by atoms with Gasteiger partial charge in [-0.15, -0.1) is 0 Å². The average Bonchev–Trinajstić information content (AvgIpc) is 2.22. The molecule has 0 rings (SSSR count). The van der Waals surface area contributed by atoms with E-state index in [0.717, 1.165) is 0 Å². The van der Waals surface area contributed by atoms with Gasteiger partial charge in [-0.25, -0.2) is 0 Å². The summed E-state index contributed by atoms with van der Waals surface area (Å²) < 4.78 is 5.34. The van der Waals surface area contributed by atoms with E-state index in [1.54, 1.807) is 6.92 Å². The SMILES string of the molecule is CCOC(C)C(C=N[N-]C(N)=[SH+])=N[N-]C(N)=[SH+].[Pd]. The number of nitrogens with two attached hydrogens (primary N) is 2. The van der Waals surface area contributed by atoms with E-state index >= 15 is 0 Å². The molecule has 1 unspecified atom stereocenters. The van der Waals surface area contributed by atoms with E-state index in [9.17, 15) is 0 Å². The van der Waals surface area contributed by atoms with Crippen LogP contribution in [0.3, 0.4) is 0 Å². The van der Waals surface area contributed by atoms with Crippen molar-refractivity contribution >= 4 is 46.6 Å². The van der Waals surface area contributed by atoms with E-state index in [4.69, 9.17) is 16.2 Å². The molecule has 4 N–H and O–H groups in total. The molecule has 0 aliphatic heterocycles. The molecule has 0 fully saturated rings. The van der Waals surface area contributed by atoms with Crippen LogP contribution in [0.4, 0.5) is 0 Å². The van der Waals surface area contributed by atoms with Crippen LogP contribution in [0.2, 0.25) is 0 Å². The smallest absolute Gasteiger partial charge is 0.183 e. The molecule has 0 amide bonds. The minimum atomic E-state index is -0.295. The topological polar surface area (TPSA) is 114 Å². The summed E-state index contributed by atoms with van der Waals surface area (Å²) in [7, 11) is 0. The zero-order chi connectivity index (χ0) is 13.3. The molecule has 0 aliphatic carbocycles. The Hall–Kier alpha value is -0.338.